The van der Waals surface area contributed by atoms with Crippen molar-refractivity contribution >= 4 is 5.82 Å². The summed E-state index contributed by atoms with van der Waals surface area (Å²) in [5.74, 6) is 2.84. The molecule has 0 amide bonds. The van der Waals surface area contributed by atoms with Crippen LogP contribution < -0.4 is 10.2 Å². The van der Waals surface area contributed by atoms with Crippen LogP contribution in [-0.2, 0) is 13.6 Å². The van der Waals surface area contributed by atoms with Crippen molar-refractivity contribution < 1.29 is 0 Å². The summed E-state index contributed by atoms with van der Waals surface area (Å²) >= 11 is 0. The molecule has 1 N–H and O–H groups in total. The number of nitrogens with zero attached hydrogens (tertiary/aromatic N) is 3. The molecule has 4 heteroatoms. The largest absolute Gasteiger partial charge is 0.354 e. The average molecular weight is 292 g/mol. The van der Waals surface area contributed by atoms with Crippen LogP contribution in [0.1, 0.15) is 51.8 Å². The zero-order valence-corrected chi connectivity index (χ0v) is 14.6. The van der Waals surface area contributed by atoms with Crippen molar-refractivity contribution in [3.8, 4) is 0 Å². The Hall–Kier alpha value is -1.03. The second-order valence-corrected chi connectivity index (χ2v) is 7.21. The molecule has 1 saturated heterocycles. The minimum absolute atomic E-state index is 0.604. The average Bonchev–Trinajstić information content (AvgIpc) is 2.65. The molecule has 0 bridgehead atoms. The lowest BCUT2D eigenvalue weighted by Crippen LogP contribution is -2.42. The fraction of sp³-hybridized carbons (Fsp3) is 0.824. The molecule has 0 aromatic carbocycles. The van der Waals surface area contributed by atoms with Crippen LogP contribution >= 0.6 is 0 Å². The summed E-state index contributed by atoms with van der Waals surface area (Å²) in [6, 6.07) is 0.604. The molecule has 1 aromatic rings. The summed E-state index contributed by atoms with van der Waals surface area (Å²) in [6.45, 7) is 14.5. The molecule has 2 heterocycles. The second kappa shape index (κ2) is 6.82. The maximum Gasteiger partial charge on any atom is 0.131 e. The van der Waals surface area contributed by atoms with Crippen molar-refractivity contribution in [3.63, 3.8) is 0 Å². The lowest BCUT2D eigenvalue weighted by atomic mass is 9.93. The number of anilines is 1. The molecule has 2 rings (SSSR count). The van der Waals surface area contributed by atoms with Gasteiger partial charge < -0.3 is 10.2 Å². The number of hydrogen-bond acceptors (Lipinski definition) is 3. The van der Waals surface area contributed by atoms with Crippen molar-refractivity contribution in [2.75, 3.05) is 18.0 Å². The van der Waals surface area contributed by atoms with Crippen molar-refractivity contribution in [1.82, 2.24) is 15.1 Å². The zero-order valence-electron chi connectivity index (χ0n) is 14.6. The van der Waals surface area contributed by atoms with Gasteiger partial charge in [-0.2, -0.15) is 5.10 Å². The molecule has 0 saturated carbocycles. The lowest BCUT2D eigenvalue weighted by Gasteiger charge is -2.38. The number of nitrogens with one attached hydrogen (secondary N) is 1. The molecule has 2 unspecified atom stereocenters. The predicted molar refractivity (Wildman–Crippen MR) is 89.7 cm³/mol. The molecule has 4 nitrogen and oxygen atoms in total. The number of piperidine rings is 1. The quantitative estimate of drug-likeness (QED) is 0.905. The molecular formula is C17H32N4. The first-order valence-electron chi connectivity index (χ1n) is 8.40. The molecule has 1 fully saturated rings. The van der Waals surface area contributed by atoms with E-state index in [1.807, 2.05) is 0 Å². The van der Waals surface area contributed by atoms with E-state index >= 15 is 0 Å². The third kappa shape index (κ3) is 3.79. The topological polar surface area (TPSA) is 33.1 Å². The summed E-state index contributed by atoms with van der Waals surface area (Å²) < 4.78 is 2.08. The molecule has 0 spiro atoms. The molecule has 120 valence electrons. The first kappa shape index (κ1) is 16.3. The summed E-state index contributed by atoms with van der Waals surface area (Å²) in [7, 11) is 2.08. The Bertz CT molecular complexity index is 464. The molecule has 1 aliphatic heterocycles. The molecule has 1 aromatic heterocycles. The van der Waals surface area contributed by atoms with Gasteiger partial charge in [0.1, 0.15) is 5.82 Å². The Balaban J connectivity index is 2.18. The summed E-state index contributed by atoms with van der Waals surface area (Å²) in [6.07, 6.45) is 2.57. The Morgan fingerprint density at radius 3 is 2.67 bits per heavy atom. The van der Waals surface area contributed by atoms with Gasteiger partial charge >= 0.3 is 0 Å². The van der Waals surface area contributed by atoms with Crippen LogP contribution in [-0.4, -0.2) is 28.9 Å². The minimum Gasteiger partial charge on any atom is -0.354 e. The fourth-order valence-electron chi connectivity index (χ4n) is 3.46. The van der Waals surface area contributed by atoms with Gasteiger partial charge in [0, 0.05) is 31.7 Å². The summed E-state index contributed by atoms with van der Waals surface area (Å²) in [5.41, 5.74) is 2.54. The highest BCUT2D eigenvalue weighted by molar-refractivity contribution is 5.51. The molecule has 2 atom stereocenters. The van der Waals surface area contributed by atoms with E-state index in [1.165, 1.54) is 24.2 Å². The van der Waals surface area contributed by atoms with E-state index in [1.54, 1.807) is 0 Å². The smallest absolute Gasteiger partial charge is 0.131 e. The van der Waals surface area contributed by atoms with E-state index in [2.05, 4.69) is 61.7 Å². The van der Waals surface area contributed by atoms with E-state index in [0.717, 1.165) is 31.2 Å². The maximum absolute atomic E-state index is 4.67. The number of aryl methyl sites for hydroxylation is 2. The number of rotatable bonds is 5. The third-order valence-electron chi connectivity index (χ3n) is 4.58. The highest BCUT2D eigenvalue weighted by atomic mass is 15.4. The van der Waals surface area contributed by atoms with Gasteiger partial charge in [0.2, 0.25) is 0 Å². The predicted octanol–water partition coefficient (Wildman–Crippen LogP) is 3.10. The highest BCUT2D eigenvalue weighted by Gasteiger charge is 2.27. The molecule has 1 aliphatic rings. The fourth-order valence-corrected chi connectivity index (χ4v) is 3.46. The van der Waals surface area contributed by atoms with E-state index in [9.17, 15) is 0 Å². The lowest BCUT2D eigenvalue weighted by molar-refractivity contribution is 0.372. The second-order valence-electron chi connectivity index (χ2n) is 7.21. The summed E-state index contributed by atoms with van der Waals surface area (Å²) in [4.78, 5) is 2.56. The van der Waals surface area contributed by atoms with Crippen molar-refractivity contribution in [1.29, 1.82) is 0 Å². The third-order valence-corrected chi connectivity index (χ3v) is 4.58. The monoisotopic (exact) mass is 292 g/mol. The van der Waals surface area contributed by atoms with Gasteiger partial charge in [0.15, 0.2) is 0 Å². The normalized spacial score (nSPS) is 23.1. The van der Waals surface area contributed by atoms with Gasteiger partial charge in [-0.15, -0.1) is 0 Å². The van der Waals surface area contributed by atoms with Crippen LogP contribution in [0, 0.1) is 18.8 Å². The molecular weight excluding hydrogens is 260 g/mol. The van der Waals surface area contributed by atoms with Crippen LogP contribution in [0.4, 0.5) is 5.82 Å². The molecule has 21 heavy (non-hydrogen) atoms. The van der Waals surface area contributed by atoms with Crippen molar-refractivity contribution in [3.05, 3.63) is 11.3 Å². The van der Waals surface area contributed by atoms with Crippen LogP contribution in [0.25, 0.3) is 0 Å². The Morgan fingerprint density at radius 1 is 1.33 bits per heavy atom. The molecule has 0 radical (unpaired) electrons. The van der Waals surface area contributed by atoms with Gasteiger partial charge in [0.05, 0.1) is 5.69 Å². The van der Waals surface area contributed by atoms with E-state index < -0.39 is 0 Å². The van der Waals surface area contributed by atoms with Crippen molar-refractivity contribution in [2.45, 2.75) is 60.0 Å². The van der Waals surface area contributed by atoms with E-state index in [0.29, 0.717) is 12.0 Å². The van der Waals surface area contributed by atoms with Crippen LogP contribution in [0.5, 0.6) is 0 Å². The minimum atomic E-state index is 0.604. The maximum atomic E-state index is 4.67. The van der Waals surface area contributed by atoms with Gasteiger partial charge in [-0.1, -0.05) is 20.8 Å². The Morgan fingerprint density at radius 2 is 2.05 bits per heavy atom. The highest BCUT2D eigenvalue weighted by Crippen LogP contribution is 2.31. The Kier molecular flexibility index (Phi) is 5.31. The number of aromatic nitrogens is 2. The number of hydrogen-bond donors (Lipinski definition) is 1. The van der Waals surface area contributed by atoms with Crippen LogP contribution in [0.15, 0.2) is 0 Å². The first-order chi connectivity index (χ1) is 9.90. The van der Waals surface area contributed by atoms with Crippen LogP contribution in [0.3, 0.4) is 0 Å². The SMILES string of the molecule is Cc1nn(C)c(N2CCC(C)CC2C)c1CNCC(C)C. The van der Waals surface area contributed by atoms with Gasteiger partial charge in [-0.05, 0) is 45.1 Å². The van der Waals surface area contributed by atoms with Gasteiger partial charge in [-0.25, -0.2) is 0 Å². The van der Waals surface area contributed by atoms with E-state index in [4.69, 9.17) is 0 Å². The van der Waals surface area contributed by atoms with Gasteiger partial charge in [0.25, 0.3) is 0 Å². The molecule has 0 aliphatic carbocycles. The van der Waals surface area contributed by atoms with Crippen molar-refractivity contribution in [2.24, 2.45) is 18.9 Å². The zero-order chi connectivity index (χ0) is 15.6. The Labute approximate surface area is 129 Å². The first-order valence-corrected chi connectivity index (χ1v) is 8.40. The summed E-state index contributed by atoms with van der Waals surface area (Å²) in [5, 5.41) is 8.25. The standard InChI is InChI=1S/C17H32N4/c1-12(2)10-18-11-16-15(5)19-20(6)17(16)21-8-7-13(3)9-14(21)4/h12-14,18H,7-11H2,1-6H3. The van der Waals surface area contributed by atoms with Crippen LogP contribution in [0.2, 0.25) is 0 Å². The van der Waals surface area contributed by atoms with E-state index in [-0.39, 0.29) is 0 Å². The van der Waals surface area contributed by atoms with Gasteiger partial charge in [-0.3, -0.25) is 4.68 Å².